The van der Waals surface area contributed by atoms with Crippen molar-refractivity contribution in [3.63, 3.8) is 0 Å². The smallest absolute Gasteiger partial charge is 0.238 e. The Morgan fingerprint density at radius 3 is 2.13 bits per heavy atom. The zero-order chi connectivity index (χ0) is 37.6. The molecule has 1 saturated heterocycles. The lowest BCUT2D eigenvalue weighted by Gasteiger charge is -2.41. The van der Waals surface area contributed by atoms with Gasteiger partial charge in [-0.3, -0.25) is 24.1 Å². The molecule has 0 bridgehead atoms. The number of phenolic OH excluding ortho intramolecular Hbond substituents is 1. The number of allylic oxidation sites excluding steroid dienone is 7. The van der Waals surface area contributed by atoms with E-state index in [1.165, 1.54) is 25.2 Å². The van der Waals surface area contributed by atoms with Gasteiger partial charge in [0.15, 0.2) is 23.1 Å². The zero-order valence-electron chi connectivity index (χ0n) is 29.4. The van der Waals surface area contributed by atoms with Gasteiger partial charge in [-0.05, 0) is 88.3 Å². The molecule has 4 atom stereocenters. The second kappa shape index (κ2) is 14.4. The molecule has 270 valence electrons. The molecule has 10 nitrogen and oxygen atoms in total. The number of aromatic hydroxyl groups is 1. The SMILES string of the molecule is COc1ccc(OC)c(C=Cc2ccc(N3C(=O)C4CC=C5C(C=Cc6cc(OC)c(O)c(OC)c6)C6=C(CC5C4C3=O)C(=O)C(Br)=CC6=O)cc2)c1. The summed E-state index contributed by atoms with van der Waals surface area (Å²) in [6, 6.07) is 16.0. The number of Topliss-reactive ketones (excluding diaryl/α,β-unsaturated/α-hetero) is 1. The van der Waals surface area contributed by atoms with E-state index < -0.39 is 23.7 Å². The van der Waals surface area contributed by atoms with E-state index in [-0.39, 0.29) is 51.5 Å². The Labute approximate surface area is 314 Å². The summed E-state index contributed by atoms with van der Waals surface area (Å²) >= 11 is 3.27. The number of fused-ring (bicyclic) bond motifs is 3. The lowest BCUT2D eigenvalue weighted by Crippen LogP contribution is -2.40. The van der Waals surface area contributed by atoms with E-state index in [2.05, 4.69) is 15.9 Å². The van der Waals surface area contributed by atoms with E-state index in [1.807, 2.05) is 54.6 Å². The number of hydrogen-bond donors (Lipinski definition) is 1. The van der Waals surface area contributed by atoms with Gasteiger partial charge in [-0.25, -0.2) is 0 Å². The van der Waals surface area contributed by atoms with E-state index in [4.69, 9.17) is 18.9 Å². The van der Waals surface area contributed by atoms with Crippen LogP contribution >= 0.6 is 15.9 Å². The number of hydrogen-bond acceptors (Lipinski definition) is 9. The number of methoxy groups -OCH3 is 4. The minimum absolute atomic E-state index is 0.145. The third-order valence-corrected chi connectivity index (χ3v) is 11.0. The number of ether oxygens (including phenoxy) is 4. The number of nitrogens with zero attached hydrogens (tertiary/aromatic N) is 1. The van der Waals surface area contributed by atoms with Crippen LogP contribution in [0, 0.1) is 23.7 Å². The maximum Gasteiger partial charge on any atom is 0.238 e. The quantitative estimate of drug-likeness (QED) is 0.105. The largest absolute Gasteiger partial charge is 0.502 e. The summed E-state index contributed by atoms with van der Waals surface area (Å²) in [5, 5.41) is 10.4. The Hall–Kier alpha value is -5.68. The average Bonchev–Trinajstić information content (AvgIpc) is 3.43. The summed E-state index contributed by atoms with van der Waals surface area (Å²) in [7, 11) is 6.06. The Bertz CT molecular complexity index is 2190. The van der Waals surface area contributed by atoms with Gasteiger partial charge >= 0.3 is 0 Å². The molecule has 4 aliphatic rings. The molecule has 1 aliphatic heterocycles. The van der Waals surface area contributed by atoms with Crippen LogP contribution in [0.1, 0.15) is 29.5 Å². The fraction of sp³-hybridized carbons (Fsp3) is 0.238. The number of carbonyl (C=O) groups is 4. The molecule has 1 fully saturated rings. The van der Waals surface area contributed by atoms with Gasteiger partial charge in [-0.1, -0.05) is 48.1 Å². The normalized spacial score (nSPS) is 22.5. The first-order chi connectivity index (χ1) is 25.6. The van der Waals surface area contributed by atoms with Crippen LogP contribution in [0.5, 0.6) is 28.7 Å². The third kappa shape index (κ3) is 6.28. The molecule has 0 aromatic heterocycles. The minimum Gasteiger partial charge on any atom is -0.502 e. The number of carbonyl (C=O) groups excluding carboxylic acids is 4. The molecule has 3 aromatic carbocycles. The molecule has 4 unspecified atom stereocenters. The third-order valence-electron chi connectivity index (χ3n) is 10.4. The number of imide groups is 1. The Morgan fingerprint density at radius 2 is 1.47 bits per heavy atom. The molecule has 0 radical (unpaired) electrons. The molecule has 0 saturated carbocycles. The monoisotopic (exact) mass is 777 g/mol. The lowest BCUT2D eigenvalue weighted by atomic mass is 9.61. The molecule has 2 amide bonds. The van der Waals surface area contributed by atoms with Crippen molar-refractivity contribution in [1.29, 1.82) is 0 Å². The van der Waals surface area contributed by atoms with Crippen molar-refractivity contribution in [2.75, 3.05) is 33.3 Å². The number of rotatable bonds is 9. The van der Waals surface area contributed by atoms with Gasteiger partial charge in [0.05, 0.1) is 50.4 Å². The number of benzene rings is 3. The number of amides is 2. The van der Waals surface area contributed by atoms with Gasteiger partial charge in [-0.15, -0.1) is 0 Å². The minimum atomic E-state index is -0.714. The highest BCUT2D eigenvalue weighted by molar-refractivity contribution is 9.12. The highest BCUT2D eigenvalue weighted by Crippen LogP contribution is 2.53. The Balaban J connectivity index is 1.20. The molecule has 53 heavy (non-hydrogen) atoms. The fourth-order valence-electron chi connectivity index (χ4n) is 7.85. The van der Waals surface area contributed by atoms with E-state index >= 15 is 0 Å². The van der Waals surface area contributed by atoms with Crippen molar-refractivity contribution in [3.8, 4) is 28.7 Å². The second-order valence-electron chi connectivity index (χ2n) is 13.1. The zero-order valence-corrected chi connectivity index (χ0v) is 31.0. The highest BCUT2D eigenvalue weighted by atomic mass is 79.9. The van der Waals surface area contributed by atoms with Crippen molar-refractivity contribution in [2.24, 2.45) is 23.7 Å². The summed E-state index contributed by atoms with van der Waals surface area (Å²) in [5.41, 5.74) is 4.29. The maximum atomic E-state index is 14.3. The van der Waals surface area contributed by atoms with Crippen LogP contribution in [-0.2, 0) is 19.2 Å². The summed E-state index contributed by atoms with van der Waals surface area (Å²) < 4.78 is 21.6. The number of phenols is 1. The van der Waals surface area contributed by atoms with E-state index in [0.717, 1.165) is 16.7 Å². The molecular weight excluding hydrogens is 742 g/mol. The molecule has 7 rings (SSSR count). The molecule has 11 heteroatoms. The fourth-order valence-corrected chi connectivity index (χ4v) is 8.29. The highest BCUT2D eigenvalue weighted by Gasteiger charge is 2.56. The molecule has 1 heterocycles. The topological polar surface area (TPSA) is 129 Å². The number of halogens is 1. The average molecular weight is 779 g/mol. The van der Waals surface area contributed by atoms with Crippen LogP contribution in [0.25, 0.3) is 18.2 Å². The number of ketones is 2. The van der Waals surface area contributed by atoms with Gasteiger partial charge in [0.25, 0.3) is 0 Å². The summed E-state index contributed by atoms with van der Waals surface area (Å²) in [6.45, 7) is 0. The maximum absolute atomic E-state index is 14.3. The predicted octanol–water partition coefficient (Wildman–Crippen LogP) is 7.11. The number of anilines is 1. The summed E-state index contributed by atoms with van der Waals surface area (Å²) in [4.78, 5) is 56.7. The van der Waals surface area contributed by atoms with E-state index in [1.54, 1.807) is 44.6 Å². The second-order valence-corrected chi connectivity index (χ2v) is 14.0. The Kier molecular flexibility index (Phi) is 9.69. The van der Waals surface area contributed by atoms with Gasteiger partial charge in [0.1, 0.15) is 11.5 Å². The standard InChI is InChI=1S/C42H36BrNO9/c1-50-26-12-16-34(51-2)24(19-26)9-5-22-6-10-25(11-7-22)44-41(48)29-15-14-27-28(13-8-23-17-35(52-3)40(47)36(18-23)53-4)37-31(20-30(27)38(29)42(44)49)39(46)32(43)21-33(37)45/h5-14,16-19,21,28-30,38,47H,15,20H2,1-4H3. The van der Waals surface area contributed by atoms with Crippen LogP contribution in [0.2, 0.25) is 0 Å². The molecule has 1 N–H and O–H groups in total. The van der Waals surface area contributed by atoms with Gasteiger partial charge < -0.3 is 24.1 Å². The molecule has 3 aliphatic carbocycles. The van der Waals surface area contributed by atoms with Crippen molar-refractivity contribution >= 4 is 63.2 Å². The predicted molar refractivity (Wildman–Crippen MR) is 203 cm³/mol. The molecular formula is C42H36BrNO9. The van der Waals surface area contributed by atoms with Crippen LogP contribution in [0.15, 0.2) is 94.0 Å². The first-order valence-corrected chi connectivity index (χ1v) is 17.8. The van der Waals surface area contributed by atoms with Crippen molar-refractivity contribution in [2.45, 2.75) is 12.8 Å². The van der Waals surface area contributed by atoms with E-state index in [0.29, 0.717) is 40.3 Å². The van der Waals surface area contributed by atoms with Gasteiger partial charge in [0.2, 0.25) is 17.6 Å². The van der Waals surface area contributed by atoms with Crippen LogP contribution < -0.4 is 23.8 Å². The Morgan fingerprint density at radius 1 is 0.774 bits per heavy atom. The summed E-state index contributed by atoms with van der Waals surface area (Å²) in [5.74, 6) is -2.01. The van der Waals surface area contributed by atoms with Gasteiger partial charge in [-0.2, -0.15) is 0 Å². The van der Waals surface area contributed by atoms with Crippen LogP contribution in [0.4, 0.5) is 5.69 Å². The van der Waals surface area contributed by atoms with Crippen molar-refractivity contribution in [3.05, 3.63) is 111 Å². The van der Waals surface area contributed by atoms with Gasteiger partial charge in [0, 0.05) is 28.7 Å². The first kappa shape index (κ1) is 35.7. The van der Waals surface area contributed by atoms with Crippen LogP contribution in [-0.4, -0.2) is 56.9 Å². The van der Waals surface area contributed by atoms with Crippen molar-refractivity contribution < 1.29 is 43.2 Å². The summed E-state index contributed by atoms with van der Waals surface area (Å²) in [6.07, 6.45) is 11.1. The molecule has 3 aromatic rings. The first-order valence-electron chi connectivity index (χ1n) is 17.0. The van der Waals surface area contributed by atoms with Crippen LogP contribution in [0.3, 0.4) is 0 Å². The lowest BCUT2D eigenvalue weighted by molar-refractivity contribution is -0.123. The van der Waals surface area contributed by atoms with Crippen molar-refractivity contribution in [1.82, 2.24) is 0 Å². The van der Waals surface area contributed by atoms with E-state index in [9.17, 15) is 24.3 Å². The molecule has 0 spiro atoms.